The maximum absolute atomic E-state index is 13.7. The zero-order valence-corrected chi connectivity index (χ0v) is 18.9. The van der Waals surface area contributed by atoms with Crippen molar-refractivity contribution >= 4 is 34.2 Å². The minimum absolute atomic E-state index is 0.102. The van der Waals surface area contributed by atoms with Crippen LogP contribution in [-0.2, 0) is 6.42 Å². The Morgan fingerprint density at radius 3 is 2.25 bits per heavy atom. The molecule has 32 heavy (non-hydrogen) atoms. The molecule has 5 heteroatoms. The van der Waals surface area contributed by atoms with E-state index in [9.17, 15) is 9.59 Å². The summed E-state index contributed by atoms with van der Waals surface area (Å²) in [4.78, 5) is 29.0. The maximum atomic E-state index is 13.7. The molecule has 0 bridgehead atoms. The first-order chi connectivity index (χ1) is 15.4. The Bertz CT molecular complexity index is 1420. The summed E-state index contributed by atoms with van der Waals surface area (Å²) in [6.07, 6.45) is 0.902. The third-order valence-electron chi connectivity index (χ3n) is 6.29. The molecular weight excluding hydrogens is 422 g/mol. The van der Waals surface area contributed by atoms with E-state index in [-0.39, 0.29) is 17.1 Å². The number of aryl methyl sites for hydroxylation is 3. The van der Waals surface area contributed by atoms with E-state index in [1.165, 1.54) is 5.56 Å². The molecule has 0 N–H and O–H groups in total. The largest absolute Gasteiger partial charge is 0.450 e. The molecule has 1 unspecified atom stereocenters. The third-order valence-corrected chi connectivity index (χ3v) is 6.55. The molecule has 1 amide bonds. The summed E-state index contributed by atoms with van der Waals surface area (Å²) in [6, 6.07) is 18.2. The van der Waals surface area contributed by atoms with Gasteiger partial charge in [0.15, 0.2) is 5.43 Å². The van der Waals surface area contributed by atoms with Crippen molar-refractivity contribution in [2.75, 3.05) is 4.90 Å². The number of amides is 1. The van der Waals surface area contributed by atoms with E-state index in [0.717, 1.165) is 28.8 Å². The van der Waals surface area contributed by atoms with Gasteiger partial charge >= 0.3 is 0 Å². The fourth-order valence-corrected chi connectivity index (χ4v) is 4.47. The number of carbonyl (C=O) groups is 1. The highest BCUT2D eigenvalue weighted by Crippen LogP contribution is 2.41. The molecule has 0 aliphatic carbocycles. The van der Waals surface area contributed by atoms with Gasteiger partial charge in [-0.2, -0.15) is 0 Å². The van der Waals surface area contributed by atoms with E-state index < -0.39 is 6.04 Å². The number of rotatable bonds is 3. The molecule has 160 valence electrons. The van der Waals surface area contributed by atoms with Crippen molar-refractivity contribution in [1.82, 2.24) is 0 Å². The number of fused-ring (bicyclic) bond motifs is 2. The van der Waals surface area contributed by atoms with Gasteiger partial charge < -0.3 is 4.42 Å². The van der Waals surface area contributed by atoms with Crippen LogP contribution in [-0.4, -0.2) is 5.91 Å². The van der Waals surface area contributed by atoms with Gasteiger partial charge in [0.25, 0.3) is 5.91 Å². The third kappa shape index (κ3) is 3.14. The van der Waals surface area contributed by atoms with Crippen molar-refractivity contribution in [2.24, 2.45) is 0 Å². The van der Waals surface area contributed by atoms with Gasteiger partial charge in [-0.25, -0.2) is 0 Å². The van der Waals surface area contributed by atoms with Gasteiger partial charge in [-0.1, -0.05) is 42.8 Å². The Morgan fingerprint density at radius 1 is 0.938 bits per heavy atom. The van der Waals surface area contributed by atoms with Crippen LogP contribution in [0.1, 0.15) is 51.3 Å². The van der Waals surface area contributed by atoms with E-state index in [1.807, 2.05) is 62.4 Å². The second-order valence-corrected chi connectivity index (χ2v) is 8.69. The van der Waals surface area contributed by atoms with Crippen molar-refractivity contribution < 1.29 is 9.21 Å². The summed E-state index contributed by atoms with van der Waals surface area (Å²) in [5.41, 5.74) is 5.33. The Hall–Kier alpha value is -3.37. The molecule has 0 radical (unpaired) electrons. The highest BCUT2D eigenvalue weighted by Gasteiger charge is 2.43. The quantitative estimate of drug-likeness (QED) is 0.369. The van der Waals surface area contributed by atoms with Gasteiger partial charge in [0.2, 0.25) is 5.76 Å². The van der Waals surface area contributed by atoms with Crippen LogP contribution in [0, 0.1) is 13.8 Å². The van der Waals surface area contributed by atoms with Gasteiger partial charge in [-0.05, 0) is 78.9 Å². The van der Waals surface area contributed by atoms with Gasteiger partial charge in [-0.15, -0.1) is 0 Å². The topological polar surface area (TPSA) is 50.5 Å². The fourth-order valence-electron chi connectivity index (χ4n) is 4.35. The molecule has 1 aliphatic heterocycles. The smallest absolute Gasteiger partial charge is 0.295 e. The summed E-state index contributed by atoms with van der Waals surface area (Å²) in [7, 11) is 0. The number of hydrogen-bond donors (Lipinski definition) is 0. The van der Waals surface area contributed by atoms with Crippen molar-refractivity contribution in [3.63, 3.8) is 0 Å². The van der Waals surface area contributed by atoms with Crippen molar-refractivity contribution in [1.29, 1.82) is 0 Å². The van der Waals surface area contributed by atoms with Gasteiger partial charge in [0, 0.05) is 10.7 Å². The molecule has 5 rings (SSSR count). The predicted octanol–water partition coefficient (Wildman–Crippen LogP) is 6.38. The van der Waals surface area contributed by atoms with Crippen LogP contribution in [0.4, 0.5) is 5.69 Å². The van der Waals surface area contributed by atoms with Gasteiger partial charge in [0.05, 0.1) is 17.0 Å². The standard InChI is InChI=1S/C27H22ClNO3/c1-4-17-5-11-20(12-6-17)29-24(18-7-9-19(28)10-8-18)23-25(30)21-13-15(2)16(3)14-22(21)32-26(23)27(29)31/h5-14,24H,4H2,1-3H3. The molecule has 2 heterocycles. The first-order valence-electron chi connectivity index (χ1n) is 10.6. The Kier molecular flexibility index (Phi) is 4.90. The molecule has 0 saturated carbocycles. The molecule has 4 aromatic rings. The first-order valence-corrected chi connectivity index (χ1v) is 11.0. The lowest BCUT2D eigenvalue weighted by molar-refractivity contribution is 0.0971. The highest BCUT2D eigenvalue weighted by molar-refractivity contribution is 6.30. The molecule has 0 spiro atoms. The lowest BCUT2D eigenvalue weighted by Crippen LogP contribution is -2.29. The molecule has 1 aliphatic rings. The summed E-state index contributed by atoms with van der Waals surface area (Å²) in [5.74, 6) is -0.216. The summed E-state index contributed by atoms with van der Waals surface area (Å²) in [6.45, 7) is 6.01. The van der Waals surface area contributed by atoms with Gasteiger partial charge in [0.1, 0.15) is 5.58 Å². The van der Waals surface area contributed by atoms with Crippen LogP contribution in [0.25, 0.3) is 11.0 Å². The average molecular weight is 444 g/mol. The molecular formula is C27H22ClNO3. The highest BCUT2D eigenvalue weighted by atomic mass is 35.5. The minimum atomic E-state index is -0.593. The molecule has 4 nitrogen and oxygen atoms in total. The SMILES string of the molecule is CCc1ccc(N2C(=O)c3oc4cc(C)c(C)cc4c(=O)c3C2c2ccc(Cl)cc2)cc1. The summed E-state index contributed by atoms with van der Waals surface area (Å²) < 4.78 is 6.09. The fraction of sp³-hybridized carbons (Fsp3) is 0.185. The number of nitrogens with zero attached hydrogens (tertiary/aromatic N) is 1. The van der Waals surface area contributed by atoms with E-state index in [4.69, 9.17) is 16.0 Å². The second kappa shape index (κ2) is 7.64. The molecule has 3 aromatic carbocycles. The molecule has 1 atom stereocenters. The van der Waals surface area contributed by atoms with Crippen LogP contribution in [0.5, 0.6) is 0 Å². The zero-order valence-electron chi connectivity index (χ0n) is 18.1. The Labute approximate surface area is 191 Å². The lowest BCUT2D eigenvalue weighted by atomic mass is 9.97. The first kappa shape index (κ1) is 20.5. The van der Waals surface area contributed by atoms with Crippen LogP contribution < -0.4 is 10.3 Å². The maximum Gasteiger partial charge on any atom is 0.295 e. The van der Waals surface area contributed by atoms with Crippen LogP contribution in [0.3, 0.4) is 0 Å². The van der Waals surface area contributed by atoms with Crippen LogP contribution >= 0.6 is 11.6 Å². The number of carbonyl (C=O) groups excluding carboxylic acids is 1. The lowest BCUT2D eigenvalue weighted by Gasteiger charge is -2.25. The number of hydrogen-bond acceptors (Lipinski definition) is 3. The van der Waals surface area contributed by atoms with Crippen molar-refractivity contribution in [2.45, 2.75) is 33.2 Å². The Balaban J connectivity index is 1.79. The van der Waals surface area contributed by atoms with Gasteiger partial charge in [-0.3, -0.25) is 14.5 Å². The molecule has 0 saturated heterocycles. The normalized spacial score (nSPS) is 15.4. The second-order valence-electron chi connectivity index (χ2n) is 8.26. The van der Waals surface area contributed by atoms with E-state index in [0.29, 0.717) is 21.6 Å². The van der Waals surface area contributed by atoms with Crippen LogP contribution in [0.2, 0.25) is 5.02 Å². The molecule has 1 aromatic heterocycles. The minimum Gasteiger partial charge on any atom is -0.450 e. The van der Waals surface area contributed by atoms with E-state index in [2.05, 4.69) is 6.92 Å². The Morgan fingerprint density at radius 2 is 1.59 bits per heavy atom. The zero-order chi connectivity index (χ0) is 22.6. The van der Waals surface area contributed by atoms with Crippen molar-refractivity contribution in [3.8, 4) is 0 Å². The van der Waals surface area contributed by atoms with Crippen LogP contribution in [0.15, 0.2) is 69.9 Å². The number of halogens is 1. The average Bonchev–Trinajstić information content (AvgIpc) is 3.08. The molecule has 0 fully saturated rings. The van der Waals surface area contributed by atoms with Crippen molar-refractivity contribution in [3.05, 3.63) is 109 Å². The summed E-state index contributed by atoms with van der Waals surface area (Å²) >= 11 is 6.11. The monoisotopic (exact) mass is 443 g/mol. The summed E-state index contributed by atoms with van der Waals surface area (Å²) in [5, 5.41) is 1.08. The van der Waals surface area contributed by atoms with E-state index >= 15 is 0 Å². The van der Waals surface area contributed by atoms with E-state index in [1.54, 1.807) is 17.0 Å². The number of anilines is 1. The number of benzene rings is 3. The predicted molar refractivity (Wildman–Crippen MR) is 128 cm³/mol.